The molecule has 2 aromatic heterocycles. The third-order valence-corrected chi connectivity index (χ3v) is 3.88. The van der Waals surface area contributed by atoms with E-state index >= 15 is 0 Å². The number of rotatable bonds is 4. The summed E-state index contributed by atoms with van der Waals surface area (Å²) in [6.45, 7) is 2.41. The minimum absolute atomic E-state index is 0.165. The van der Waals surface area contributed by atoms with Crippen molar-refractivity contribution in [1.82, 2.24) is 10.2 Å². The summed E-state index contributed by atoms with van der Waals surface area (Å²) in [6.07, 6.45) is 4.49. The normalized spacial score (nSPS) is 19.1. The quantitative estimate of drug-likeness (QED) is 0.940. The van der Waals surface area contributed by atoms with E-state index in [0.29, 0.717) is 18.7 Å². The van der Waals surface area contributed by atoms with Crippen molar-refractivity contribution in [2.75, 3.05) is 6.54 Å². The Kier molecular flexibility index (Phi) is 4.00. The van der Waals surface area contributed by atoms with Crippen LogP contribution < -0.4 is 5.32 Å². The number of nitrogens with zero attached hydrogens (tertiary/aromatic N) is 1. The summed E-state index contributed by atoms with van der Waals surface area (Å²) in [5.74, 6) is 0.545. The highest BCUT2D eigenvalue weighted by molar-refractivity contribution is 5.96. The Labute approximate surface area is 128 Å². The first kappa shape index (κ1) is 14.4. The van der Waals surface area contributed by atoms with Crippen molar-refractivity contribution in [3.05, 3.63) is 48.3 Å². The van der Waals surface area contributed by atoms with Crippen LogP contribution in [0.1, 0.15) is 42.1 Å². The molecule has 6 heteroatoms. The van der Waals surface area contributed by atoms with Crippen molar-refractivity contribution in [2.24, 2.45) is 0 Å². The molecule has 2 aromatic rings. The summed E-state index contributed by atoms with van der Waals surface area (Å²) in [4.78, 5) is 26.4. The van der Waals surface area contributed by atoms with Crippen molar-refractivity contribution in [1.29, 1.82) is 0 Å². The second-order valence-electron chi connectivity index (χ2n) is 5.38. The summed E-state index contributed by atoms with van der Waals surface area (Å²) >= 11 is 0. The number of nitrogens with one attached hydrogen (secondary N) is 1. The summed E-state index contributed by atoms with van der Waals surface area (Å²) < 4.78 is 10.4. The average molecular weight is 302 g/mol. The molecule has 0 spiro atoms. The molecule has 1 aliphatic heterocycles. The molecule has 3 rings (SSSR count). The zero-order valence-electron chi connectivity index (χ0n) is 12.3. The molecule has 1 fully saturated rings. The zero-order chi connectivity index (χ0) is 15.5. The maximum atomic E-state index is 12.5. The molecule has 2 atom stereocenters. The fourth-order valence-corrected chi connectivity index (χ4v) is 2.74. The molecule has 1 saturated heterocycles. The first-order valence-corrected chi connectivity index (χ1v) is 7.35. The van der Waals surface area contributed by atoms with Crippen LogP contribution in [0.3, 0.4) is 0 Å². The van der Waals surface area contributed by atoms with E-state index in [0.717, 1.165) is 6.42 Å². The lowest BCUT2D eigenvalue weighted by atomic mass is 10.1. The first-order valence-electron chi connectivity index (χ1n) is 7.35. The molecule has 1 aliphatic rings. The largest absolute Gasteiger partial charge is 0.467 e. The first-order chi connectivity index (χ1) is 10.7. The highest BCUT2D eigenvalue weighted by atomic mass is 16.3. The molecule has 0 radical (unpaired) electrons. The number of likely N-dealkylation sites (tertiary alicyclic amines) is 1. The molecule has 2 amide bonds. The molecular weight excluding hydrogens is 284 g/mol. The van der Waals surface area contributed by atoms with E-state index in [1.54, 1.807) is 29.4 Å². The number of furan rings is 2. The summed E-state index contributed by atoms with van der Waals surface area (Å²) in [5.41, 5.74) is 0. The van der Waals surface area contributed by atoms with E-state index in [-0.39, 0.29) is 23.6 Å². The minimum Gasteiger partial charge on any atom is -0.467 e. The third kappa shape index (κ3) is 2.77. The zero-order valence-corrected chi connectivity index (χ0v) is 12.3. The Morgan fingerprint density at radius 1 is 1.27 bits per heavy atom. The van der Waals surface area contributed by atoms with Gasteiger partial charge in [0.05, 0.1) is 18.6 Å². The third-order valence-electron chi connectivity index (χ3n) is 3.88. The fourth-order valence-electron chi connectivity index (χ4n) is 2.74. The smallest absolute Gasteiger partial charge is 0.290 e. The lowest BCUT2D eigenvalue weighted by molar-refractivity contribution is -0.125. The SMILES string of the molecule is CC(NC(=O)C1CCCN1C(=O)c1ccco1)c1ccco1. The molecule has 116 valence electrons. The van der Waals surface area contributed by atoms with Crippen molar-refractivity contribution in [2.45, 2.75) is 31.8 Å². The molecule has 0 bridgehead atoms. The molecule has 6 nitrogen and oxygen atoms in total. The lowest BCUT2D eigenvalue weighted by Gasteiger charge is -2.24. The van der Waals surface area contributed by atoms with Gasteiger partial charge in [0.2, 0.25) is 5.91 Å². The van der Waals surface area contributed by atoms with Crippen LogP contribution in [-0.2, 0) is 4.79 Å². The van der Waals surface area contributed by atoms with Crippen molar-refractivity contribution >= 4 is 11.8 Å². The molecule has 0 aliphatic carbocycles. The topological polar surface area (TPSA) is 75.7 Å². The fraction of sp³-hybridized carbons (Fsp3) is 0.375. The minimum atomic E-state index is -0.463. The maximum absolute atomic E-state index is 12.5. The Morgan fingerprint density at radius 3 is 2.73 bits per heavy atom. The number of hydrogen-bond acceptors (Lipinski definition) is 4. The molecular formula is C16H18N2O4. The second-order valence-corrected chi connectivity index (χ2v) is 5.38. The van der Waals surface area contributed by atoms with Gasteiger partial charge in [-0.2, -0.15) is 0 Å². The van der Waals surface area contributed by atoms with Gasteiger partial charge in [0.15, 0.2) is 5.76 Å². The standard InChI is InChI=1S/C16H18N2O4/c1-11(13-6-3-9-21-13)17-15(19)12-5-2-8-18(12)16(20)14-7-4-10-22-14/h3-4,6-7,9-12H,2,5,8H2,1H3,(H,17,19). The van der Waals surface area contributed by atoms with Gasteiger partial charge in [-0.3, -0.25) is 9.59 Å². The molecule has 0 aromatic carbocycles. The Balaban J connectivity index is 1.67. The van der Waals surface area contributed by atoms with Crippen LogP contribution in [0.25, 0.3) is 0 Å². The molecule has 0 saturated carbocycles. The van der Waals surface area contributed by atoms with Gasteiger partial charge >= 0.3 is 0 Å². The van der Waals surface area contributed by atoms with Gasteiger partial charge in [-0.05, 0) is 44.0 Å². The number of hydrogen-bond donors (Lipinski definition) is 1. The van der Waals surface area contributed by atoms with Gasteiger partial charge in [-0.1, -0.05) is 0 Å². The lowest BCUT2D eigenvalue weighted by Crippen LogP contribution is -2.46. The molecule has 3 heterocycles. The van der Waals surface area contributed by atoms with Crippen LogP contribution in [0, 0.1) is 0 Å². The average Bonchev–Trinajstić information content (AvgIpc) is 3.27. The van der Waals surface area contributed by atoms with Crippen LogP contribution in [-0.4, -0.2) is 29.3 Å². The second kappa shape index (κ2) is 6.09. The number of amides is 2. The summed E-state index contributed by atoms with van der Waals surface area (Å²) in [5, 5.41) is 2.90. The molecule has 2 unspecified atom stereocenters. The van der Waals surface area contributed by atoms with Crippen LogP contribution in [0.5, 0.6) is 0 Å². The van der Waals surface area contributed by atoms with Gasteiger partial charge in [-0.15, -0.1) is 0 Å². The van der Waals surface area contributed by atoms with Gasteiger partial charge in [-0.25, -0.2) is 0 Å². The Morgan fingerprint density at radius 2 is 2.05 bits per heavy atom. The highest BCUT2D eigenvalue weighted by Crippen LogP contribution is 2.22. The van der Waals surface area contributed by atoms with E-state index in [1.807, 2.05) is 13.0 Å². The number of carbonyl (C=O) groups is 2. The van der Waals surface area contributed by atoms with Crippen LogP contribution in [0.2, 0.25) is 0 Å². The van der Waals surface area contributed by atoms with Gasteiger partial charge in [0.1, 0.15) is 11.8 Å². The van der Waals surface area contributed by atoms with Crippen LogP contribution in [0.4, 0.5) is 0 Å². The maximum Gasteiger partial charge on any atom is 0.290 e. The highest BCUT2D eigenvalue weighted by Gasteiger charge is 2.36. The summed E-state index contributed by atoms with van der Waals surface area (Å²) in [6, 6.07) is 6.17. The Hall–Kier alpha value is -2.50. The van der Waals surface area contributed by atoms with Crippen molar-refractivity contribution in [3.8, 4) is 0 Å². The Bertz CT molecular complexity index is 633. The van der Waals surface area contributed by atoms with E-state index in [1.165, 1.54) is 6.26 Å². The van der Waals surface area contributed by atoms with Crippen molar-refractivity contribution in [3.63, 3.8) is 0 Å². The molecule has 22 heavy (non-hydrogen) atoms. The number of carbonyl (C=O) groups excluding carboxylic acids is 2. The van der Waals surface area contributed by atoms with E-state index in [4.69, 9.17) is 8.83 Å². The predicted molar refractivity (Wildman–Crippen MR) is 78.0 cm³/mol. The van der Waals surface area contributed by atoms with Gasteiger partial charge in [0, 0.05) is 6.54 Å². The monoisotopic (exact) mass is 302 g/mol. The van der Waals surface area contributed by atoms with Gasteiger partial charge in [0.25, 0.3) is 5.91 Å². The van der Waals surface area contributed by atoms with Crippen LogP contribution in [0.15, 0.2) is 45.6 Å². The summed E-state index contributed by atoms with van der Waals surface area (Å²) in [7, 11) is 0. The van der Waals surface area contributed by atoms with E-state index in [2.05, 4.69) is 5.32 Å². The predicted octanol–water partition coefficient (Wildman–Crippen LogP) is 2.35. The van der Waals surface area contributed by atoms with E-state index < -0.39 is 6.04 Å². The molecule has 1 N–H and O–H groups in total. The van der Waals surface area contributed by atoms with Gasteiger partial charge < -0.3 is 19.1 Å². The van der Waals surface area contributed by atoms with E-state index in [9.17, 15) is 9.59 Å². The van der Waals surface area contributed by atoms with Crippen LogP contribution >= 0.6 is 0 Å². The van der Waals surface area contributed by atoms with Crippen molar-refractivity contribution < 1.29 is 18.4 Å².